The first-order valence-corrected chi connectivity index (χ1v) is 9.02. The molecule has 2 aromatic rings. The van der Waals surface area contributed by atoms with E-state index in [1.54, 1.807) is 4.90 Å². The number of nitrogens with zero attached hydrogens (tertiary/aromatic N) is 2. The molecule has 0 aliphatic rings. The molecular formula is C21H27N3O2. The van der Waals surface area contributed by atoms with Crippen LogP contribution in [0.15, 0.2) is 60.7 Å². The molecule has 26 heavy (non-hydrogen) atoms. The molecule has 0 unspecified atom stereocenters. The number of para-hydroxylation sites is 1. The highest BCUT2D eigenvalue weighted by atomic mass is 16.2. The van der Waals surface area contributed by atoms with Gasteiger partial charge < -0.3 is 15.1 Å². The van der Waals surface area contributed by atoms with Crippen molar-refractivity contribution in [2.45, 2.75) is 20.4 Å². The Kier molecular flexibility index (Phi) is 7.68. The summed E-state index contributed by atoms with van der Waals surface area (Å²) in [5, 5.41) is 2.74. The highest BCUT2D eigenvalue weighted by Crippen LogP contribution is 2.17. The molecule has 0 saturated heterocycles. The average Bonchev–Trinajstić information content (AvgIpc) is 2.67. The van der Waals surface area contributed by atoms with E-state index in [4.69, 9.17) is 0 Å². The van der Waals surface area contributed by atoms with Crippen molar-refractivity contribution in [2.24, 2.45) is 0 Å². The van der Waals surface area contributed by atoms with E-state index < -0.39 is 0 Å². The van der Waals surface area contributed by atoms with Gasteiger partial charge in [0.05, 0.1) is 13.1 Å². The van der Waals surface area contributed by atoms with Gasteiger partial charge in [0.25, 0.3) is 0 Å². The topological polar surface area (TPSA) is 52.7 Å². The molecule has 5 heteroatoms. The number of nitrogens with one attached hydrogen (secondary N) is 1. The number of benzene rings is 2. The van der Waals surface area contributed by atoms with Gasteiger partial charge in [0.15, 0.2) is 0 Å². The number of likely N-dealkylation sites (N-methyl/N-ethyl adjacent to an activating group) is 2. The van der Waals surface area contributed by atoms with Gasteiger partial charge in [0, 0.05) is 25.3 Å². The molecule has 0 aliphatic heterocycles. The van der Waals surface area contributed by atoms with Gasteiger partial charge in [-0.1, -0.05) is 48.5 Å². The first kappa shape index (κ1) is 19.5. The third-order valence-corrected chi connectivity index (χ3v) is 4.11. The number of hydrogen-bond acceptors (Lipinski definition) is 3. The largest absolute Gasteiger partial charge is 0.358 e. The number of amides is 2. The fraction of sp³-hybridized carbons (Fsp3) is 0.333. The van der Waals surface area contributed by atoms with Crippen LogP contribution < -0.4 is 10.2 Å². The van der Waals surface area contributed by atoms with Crippen molar-refractivity contribution in [3.8, 4) is 0 Å². The molecule has 0 radical (unpaired) electrons. The fourth-order valence-corrected chi connectivity index (χ4v) is 2.75. The van der Waals surface area contributed by atoms with Crippen LogP contribution in [0.25, 0.3) is 0 Å². The van der Waals surface area contributed by atoms with E-state index in [9.17, 15) is 9.59 Å². The Morgan fingerprint density at radius 1 is 0.885 bits per heavy atom. The summed E-state index contributed by atoms with van der Waals surface area (Å²) >= 11 is 0. The van der Waals surface area contributed by atoms with Crippen LogP contribution in [-0.2, 0) is 16.1 Å². The van der Waals surface area contributed by atoms with Gasteiger partial charge in [-0.15, -0.1) is 0 Å². The number of hydrogen-bond donors (Lipinski definition) is 1. The monoisotopic (exact) mass is 353 g/mol. The summed E-state index contributed by atoms with van der Waals surface area (Å²) in [7, 11) is 0. The minimum Gasteiger partial charge on any atom is -0.358 e. The minimum atomic E-state index is -0.128. The van der Waals surface area contributed by atoms with Crippen molar-refractivity contribution in [3.63, 3.8) is 0 Å². The van der Waals surface area contributed by atoms with Crippen molar-refractivity contribution in [3.05, 3.63) is 66.2 Å². The molecule has 0 aromatic heterocycles. The van der Waals surface area contributed by atoms with Gasteiger partial charge in [0.2, 0.25) is 11.8 Å². The summed E-state index contributed by atoms with van der Waals surface area (Å²) in [5.41, 5.74) is 2.12. The van der Waals surface area contributed by atoms with Crippen LogP contribution in [0.4, 0.5) is 5.69 Å². The van der Waals surface area contributed by atoms with Crippen LogP contribution in [0.2, 0.25) is 0 Å². The van der Waals surface area contributed by atoms with E-state index in [0.717, 1.165) is 11.3 Å². The highest BCUT2D eigenvalue weighted by molar-refractivity contribution is 5.87. The maximum absolute atomic E-state index is 12.8. The summed E-state index contributed by atoms with van der Waals surface area (Å²) in [6.45, 7) is 5.78. The van der Waals surface area contributed by atoms with Gasteiger partial charge in [0.1, 0.15) is 0 Å². The van der Waals surface area contributed by atoms with E-state index in [1.165, 1.54) is 0 Å². The van der Waals surface area contributed by atoms with Gasteiger partial charge in [-0.25, -0.2) is 0 Å². The quantitative estimate of drug-likeness (QED) is 0.754. The van der Waals surface area contributed by atoms with E-state index in [0.29, 0.717) is 19.6 Å². The zero-order valence-electron chi connectivity index (χ0n) is 15.5. The summed E-state index contributed by atoms with van der Waals surface area (Å²) in [5.74, 6) is -0.185. The summed E-state index contributed by atoms with van der Waals surface area (Å²) in [6, 6.07) is 19.9. The second kappa shape index (κ2) is 10.2. The van der Waals surface area contributed by atoms with Crippen LogP contribution in [0.3, 0.4) is 0 Å². The molecule has 2 aromatic carbocycles. The molecule has 0 saturated carbocycles. The van der Waals surface area contributed by atoms with Crippen molar-refractivity contribution < 1.29 is 9.59 Å². The number of rotatable bonds is 9. The average molecular weight is 353 g/mol. The Morgan fingerprint density at radius 2 is 1.50 bits per heavy atom. The van der Waals surface area contributed by atoms with Crippen LogP contribution >= 0.6 is 0 Å². The normalized spacial score (nSPS) is 10.2. The molecule has 5 nitrogen and oxygen atoms in total. The molecule has 0 atom stereocenters. The molecule has 138 valence electrons. The lowest BCUT2D eigenvalue weighted by Gasteiger charge is -2.28. The summed E-state index contributed by atoms with van der Waals surface area (Å²) < 4.78 is 0. The minimum absolute atomic E-state index is 0.0569. The molecular weight excluding hydrogens is 326 g/mol. The summed E-state index contributed by atoms with van der Waals surface area (Å²) in [4.78, 5) is 28.3. The molecule has 0 bridgehead atoms. The lowest BCUT2D eigenvalue weighted by molar-refractivity contribution is -0.134. The van der Waals surface area contributed by atoms with Crippen molar-refractivity contribution in [2.75, 3.05) is 31.1 Å². The molecule has 0 heterocycles. The van der Waals surface area contributed by atoms with E-state index in [-0.39, 0.29) is 24.9 Å². The summed E-state index contributed by atoms with van der Waals surface area (Å²) in [6.07, 6.45) is 0. The van der Waals surface area contributed by atoms with Crippen LogP contribution in [0.5, 0.6) is 0 Å². The molecule has 1 N–H and O–H groups in total. The smallest absolute Gasteiger partial charge is 0.242 e. The lowest BCUT2D eigenvalue weighted by Crippen LogP contribution is -2.45. The second-order valence-corrected chi connectivity index (χ2v) is 6.04. The third-order valence-electron chi connectivity index (χ3n) is 4.11. The standard InChI is InChI=1S/C21H27N3O2/c1-3-22-20(25)16-23(4-2)21(26)17-24(19-13-9-6-10-14-19)15-18-11-7-5-8-12-18/h5-14H,3-4,15-17H2,1-2H3,(H,22,25). The Labute approximate surface area is 155 Å². The predicted molar refractivity (Wildman–Crippen MR) is 105 cm³/mol. The van der Waals surface area contributed by atoms with Crippen LogP contribution in [-0.4, -0.2) is 42.9 Å². The first-order chi connectivity index (χ1) is 12.6. The van der Waals surface area contributed by atoms with E-state index in [2.05, 4.69) is 5.32 Å². The molecule has 2 amide bonds. The van der Waals surface area contributed by atoms with Gasteiger partial charge in [-0.3, -0.25) is 9.59 Å². The Balaban J connectivity index is 2.12. The molecule has 0 fully saturated rings. The zero-order valence-corrected chi connectivity index (χ0v) is 15.5. The fourth-order valence-electron chi connectivity index (χ4n) is 2.75. The SMILES string of the molecule is CCNC(=O)CN(CC)C(=O)CN(Cc1ccccc1)c1ccccc1. The van der Waals surface area contributed by atoms with Gasteiger partial charge in [-0.05, 0) is 31.5 Å². The Hall–Kier alpha value is -2.82. The Morgan fingerprint density at radius 3 is 2.08 bits per heavy atom. The molecule has 0 spiro atoms. The van der Waals surface area contributed by atoms with Gasteiger partial charge in [-0.2, -0.15) is 0 Å². The first-order valence-electron chi connectivity index (χ1n) is 9.02. The maximum atomic E-state index is 12.8. The molecule has 2 rings (SSSR count). The predicted octanol–water partition coefficient (Wildman–Crippen LogP) is 2.68. The number of carbonyl (C=O) groups is 2. The second-order valence-electron chi connectivity index (χ2n) is 6.04. The van der Waals surface area contributed by atoms with E-state index in [1.807, 2.05) is 79.4 Å². The van der Waals surface area contributed by atoms with Gasteiger partial charge >= 0.3 is 0 Å². The van der Waals surface area contributed by atoms with Crippen molar-refractivity contribution in [1.82, 2.24) is 10.2 Å². The van der Waals surface area contributed by atoms with Crippen molar-refractivity contribution >= 4 is 17.5 Å². The van der Waals surface area contributed by atoms with Crippen molar-refractivity contribution in [1.29, 1.82) is 0 Å². The number of anilines is 1. The number of carbonyl (C=O) groups excluding carboxylic acids is 2. The third kappa shape index (κ3) is 5.92. The molecule has 0 aliphatic carbocycles. The highest BCUT2D eigenvalue weighted by Gasteiger charge is 2.19. The van der Waals surface area contributed by atoms with E-state index >= 15 is 0 Å². The lowest BCUT2D eigenvalue weighted by atomic mass is 10.2. The maximum Gasteiger partial charge on any atom is 0.242 e. The van der Waals surface area contributed by atoms with Crippen LogP contribution in [0, 0.1) is 0 Å². The van der Waals surface area contributed by atoms with Crippen LogP contribution in [0.1, 0.15) is 19.4 Å². The zero-order chi connectivity index (χ0) is 18.8. The Bertz CT molecular complexity index is 689.